The quantitative estimate of drug-likeness (QED) is 0.205. The number of thioether (sulfide) groups is 1. The number of fused-ring (bicyclic) bond motifs is 3. The summed E-state index contributed by atoms with van der Waals surface area (Å²) in [5.41, 5.74) is 2.44. The van der Waals surface area contributed by atoms with Crippen molar-refractivity contribution in [1.82, 2.24) is 14.8 Å². The first-order valence-electron chi connectivity index (χ1n) is 10.3. The van der Waals surface area contributed by atoms with E-state index in [1.165, 1.54) is 5.56 Å². The van der Waals surface area contributed by atoms with Crippen molar-refractivity contribution >= 4 is 33.5 Å². The van der Waals surface area contributed by atoms with E-state index in [-0.39, 0.29) is 5.63 Å². The normalized spacial score (nSPS) is 11.4. The smallest absolute Gasteiger partial charge is 0.336 e. The molecule has 5 nitrogen and oxygen atoms in total. The largest absolute Gasteiger partial charge is 0.423 e. The highest BCUT2D eigenvalue weighted by Gasteiger charge is 2.15. The van der Waals surface area contributed by atoms with Gasteiger partial charge in [-0.15, -0.1) is 10.2 Å². The zero-order chi connectivity index (χ0) is 21.2. The van der Waals surface area contributed by atoms with E-state index in [1.54, 1.807) is 17.8 Å². The van der Waals surface area contributed by atoms with E-state index in [0.29, 0.717) is 11.3 Å². The van der Waals surface area contributed by atoms with E-state index in [4.69, 9.17) is 4.42 Å². The highest BCUT2D eigenvalue weighted by atomic mass is 32.2. The van der Waals surface area contributed by atoms with Gasteiger partial charge < -0.3 is 8.98 Å². The van der Waals surface area contributed by atoms with Gasteiger partial charge in [-0.1, -0.05) is 72.4 Å². The number of hydrogen-bond acceptors (Lipinski definition) is 5. The summed E-state index contributed by atoms with van der Waals surface area (Å²) in [6, 6.07) is 23.9. The van der Waals surface area contributed by atoms with Gasteiger partial charge in [-0.25, -0.2) is 4.79 Å². The predicted octanol–water partition coefficient (Wildman–Crippen LogP) is 5.44. The van der Waals surface area contributed by atoms with E-state index in [9.17, 15) is 4.79 Å². The molecule has 2 aromatic heterocycles. The van der Waals surface area contributed by atoms with Crippen LogP contribution in [0.15, 0.2) is 87.2 Å². The zero-order valence-electron chi connectivity index (χ0n) is 17.1. The molecule has 0 saturated carbocycles. The molecule has 5 aromatic rings. The Morgan fingerprint density at radius 3 is 2.61 bits per heavy atom. The lowest BCUT2D eigenvalue weighted by Crippen LogP contribution is -2.04. The lowest BCUT2D eigenvalue weighted by molar-refractivity contribution is 0.560. The average Bonchev–Trinajstić information content (AvgIpc) is 3.19. The number of benzene rings is 3. The summed E-state index contributed by atoms with van der Waals surface area (Å²) < 4.78 is 7.62. The van der Waals surface area contributed by atoms with Crippen LogP contribution in [0.2, 0.25) is 0 Å². The molecule has 3 aromatic carbocycles. The van der Waals surface area contributed by atoms with Crippen LogP contribution in [0.4, 0.5) is 0 Å². The van der Waals surface area contributed by atoms with Crippen LogP contribution in [0.1, 0.15) is 23.9 Å². The fourth-order valence-electron chi connectivity index (χ4n) is 3.93. The third-order valence-corrected chi connectivity index (χ3v) is 6.40. The molecule has 5 rings (SSSR count). The standard InChI is InChI=1S/C25H21N3O2S/c1-2-28-22(14-17-8-4-3-5-9-17)26-27-25(28)31-16-19-15-23(29)30-21-13-12-18-10-6-7-11-20(18)24(19)21/h3-13,15H,2,14,16H2,1H3. The Bertz CT molecular complexity index is 1420. The molecular formula is C25H21N3O2S. The van der Waals surface area contributed by atoms with Crippen LogP contribution in [-0.2, 0) is 18.7 Å². The zero-order valence-corrected chi connectivity index (χ0v) is 17.9. The van der Waals surface area contributed by atoms with Crippen LogP contribution in [0, 0.1) is 0 Å². The van der Waals surface area contributed by atoms with E-state index in [1.807, 2.05) is 42.5 Å². The number of hydrogen-bond donors (Lipinski definition) is 0. The van der Waals surface area contributed by atoms with Gasteiger partial charge in [-0.2, -0.15) is 0 Å². The minimum atomic E-state index is -0.333. The molecule has 0 aliphatic rings. The van der Waals surface area contributed by atoms with Crippen LogP contribution in [0.25, 0.3) is 21.7 Å². The molecule has 0 unspecified atom stereocenters. The highest BCUT2D eigenvalue weighted by molar-refractivity contribution is 7.98. The number of rotatable bonds is 6. The topological polar surface area (TPSA) is 60.9 Å². The Balaban J connectivity index is 1.49. The second-order valence-electron chi connectivity index (χ2n) is 7.34. The Kier molecular flexibility index (Phi) is 5.30. The molecule has 0 aliphatic carbocycles. The molecule has 0 saturated heterocycles. The fraction of sp³-hybridized carbons (Fsp3) is 0.160. The Morgan fingerprint density at radius 1 is 0.968 bits per heavy atom. The molecule has 0 N–H and O–H groups in total. The van der Waals surface area contributed by atoms with Gasteiger partial charge >= 0.3 is 5.63 Å². The first-order valence-corrected chi connectivity index (χ1v) is 11.2. The molecule has 2 heterocycles. The maximum absolute atomic E-state index is 12.2. The van der Waals surface area contributed by atoms with E-state index in [0.717, 1.165) is 45.7 Å². The fourth-order valence-corrected chi connectivity index (χ4v) is 4.93. The second-order valence-corrected chi connectivity index (χ2v) is 8.29. The van der Waals surface area contributed by atoms with Crippen molar-refractivity contribution < 1.29 is 4.42 Å². The molecule has 0 amide bonds. The van der Waals surface area contributed by atoms with Gasteiger partial charge in [0.1, 0.15) is 11.4 Å². The van der Waals surface area contributed by atoms with E-state index >= 15 is 0 Å². The molecule has 0 atom stereocenters. The van der Waals surface area contributed by atoms with Crippen molar-refractivity contribution in [2.24, 2.45) is 0 Å². The summed E-state index contributed by atoms with van der Waals surface area (Å²) in [6.45, 7) is 2.89. The van der Waals surface area contributed by atoms with Gasteiger partial charge in [0.2, 0.25) is 0 Å². The van der Waals surface area contributed by atoms with Crippen molar-refractivity contribution in [2.75, 3.05) is 0 Å². The summed E-state index contributed by atoms with van der Waals surface area (Å²) in [5.74, 6) is 1.55. The molecular weight excluding hydrogens is 406 g/mol. The van der Waals surface area contributed by atoms with Crippen LogP contribution in [0.5, 0.6) is 0 Å². The van der Waals surface area contributed by atoms with Gasteiger partial charge in [0.05, 0.1) is 0 Å². The van der Waals surface area contributed by atoms with Gasteiger partial charge in [-0.3, -0.25) is 0 Å². The SMILES string of the molecule is CCn1c(Cc2ccccc2)nnc1SCc1cc(=O)oc2ccc3ccccc3c12. The Hall–Kier alpha value is -3.38. The van der Waals surface area contributed by atoms with Crippen LogP contribution < -0.4 is 5.63 Å². The first kappa shape index (κ1) is 19.6. The molecule has 0 aliphatic heterocycles. The summed E-state index contributed by atoms with van der Waals surface area (Å²) in [7, 11) is 0. The van der Waals surface area contributed by atoms with Gasteiger partial charge in [0.25, 0.3) is 0 Å². The van der Waals surface area contributed by atoms with Crippen LogP contribution in [-0.4, -0.2) is 14.8 Å². The van der Waals surface area contributed by atoms with E-state index in [2.05, 4.69) is 46.0 Å². The maximum atomic E-state index is 12.2. The van der Waals surface area contributed by atoms with Crippen LogP contribution in [0.3, 0.4) is 0 Å². The van der Waals surface area contributed by atoms with Crippen molar-refractivity contribution in [3.8, 4) is 0 Å². The molecule has 0 spiro atoms. The average molecular weight is 428 g/mol. The number of nitrogens with zero attached hydrogens (tertiary/aromatic N) is 3. The monoisotopic (exact) mass is 427 g/mol. The molecule has 31 heavy (non-hydrogen) atoms. The molecule has 0 radical (unpaired) electrons. The summed E-state index contributed by atoms with van der Waals surface area (Å²) >= 11 is 1.60. The first-order chi connectivity index (χ1) is 15.2. The minimum Gasteiger partial charge on any atom is -0.423 e. The molecule has 0 fully saturated rings. The summed E-state index contributed by atoms with van der Waals surface area (Å²) in [4.78, 5) is 12.2. The third kappa shape index (κ3) is 3.86. The highest BCUT2D eigenvalue weighted by Crippen LogP contribution is 2.31. The van der Waals surface area contributed by atoms with Crippen LogP contribution >= 0.6 is 11.8 Å². The lowest BCUT2D eigenvalue weighted by Gasteiger charge is -2.10. The predicted molar refractivity (Wildman–Crippen MR) is 124 cm³/mol. The third-order valence-electron chi connectivity index (χ3n) is 5.39. The van der Waals surface area contributed by atoms with Crippen molar-refractivity contribution in [1.29, 1.82) is 0 Å². The van der Waals surface area contributed by atoms with Crippen molar-refractivity contribution in [2.45, 2.75) is 30.8 Å². The Labute approximate surface area is 183 Å². The Morgan fingerprint density at radius 2 is 1.77 bits per heavy atom. The maximum Gasteiger partial charge on any atom is 0.336 e. The lowest BCUT2D eigenvalue weighted by atomic mass is 10.0. The van der Waals surface area contributed by atoms with Gasteiger partial charge in [0.15, 0.2) is 5.16 Å². The minimum absolute atomic E-state index is 0.333. The summed E-state index contributed by atoms with van der Waals surface area (Å²) in [6.07, 6.45) is 0.741. The van der Waals surface area contributed by atoms with Gasteiger partial charge in [0, 0.05) is 30.2 Å². The van der Waals surface area contributed by atoms with Crippen molar-refractivity contribution in [3.63, 3.8) is 0 Å². The number of aromatic nitrogens is 3. The second kappa shape index (κ2) is 8.40. The molecule has 6 heteroatoms. The summed E-state index contributed by atoms with van der Waals surface area (Å²) in [5, 5.41) is 12.9. The molecule has 0 bridgehead atoms. The molecule has 154 valence electrons. The van der Waals surface area contributed by atoms with Crippen molar-refractivity contribution in [3.05, 3.63) is 100 Å². The van der Waals surface area contributed by atoms with Gasteiger partial charge in [-0.05, 0) is 34.9 Å². The van der Waals surface area contributed by atoms with E-state index < -0.39 is 0 Å².